The first kappa shape index (κ1) is 16.3. The van der Waals surface area contributed by atoms with Crippen LogP contribution in [0.5, 0.6) is 0 Å². The van der Waals surface area contributed by atoms with Gasteiger partial charge in [0.15, 0.2) is 0 Å². The van der Waals surface area contributed by atoms with Crippen molar-refractivity contribution < 1.29 is 9.47 Å². The van der Waals surface area contributed by atoms with Crippen LogP contribution in [-0.2, 0) is 9.47 Å². The van der Waals surface area contributed by atoms with Gasteiger partial charge in [0.25, 0.3) is 0 Å². The largest absolute Gasteiger partial charge is 0.376 e. The zero-order chi connectivity index (χ0) is 14.3. The zero-order valence-corrected chi connectivity index (χ0v) is 13.5. The fraction of sp³-hybridized carbons (Fsp3) is 1.00. The van der Waals surface area contributed by atoms with Gasteiger partial charge in [0.1, 0.15) is 0 Å². The third-order valence-corrected chi connectivity index (χ3v) is 4.77. The fourth-order valence-electron chi connectivity index (χ4n) is 3.66. The first-order chi connectivity index (χ1) is 9.74. The molecule has 1 aliphatic heterocycles. The van der Waals surface area contributed by atoms with Crippen LogP contribution in [0.3, 0.4) is 0 Å². The molecule has 1 N–H and O–H groups in total. The van der Waals surface area contributed by atoms with Gasteiger partial charge < -0.3 is 14.8 Å². The van der Waals surface area contributed by atoms with E-state index in [4.69, 9.17) is 9.47 Å². The maximum absolute atomic E-state index is 6.44. The summed E-state index contributed by atoms with van der Waals surface area (Å²) < 4.78 is 12.3. The molecule has 0 aromatic heterocycles. The summed E-state index contributed by atoms with van der Waals surface area (Å²) >= 11 is 0. The topological polar surface area (TPSA) is 30.5 Å². The quantitative estimate of drug-likeness (QED) is 0.725. The molecule has 2 aliphatic rings. The Kier molecular flexibility index (Phi) is 6.79. The lowest BCUT2D eigenvalue weighted by Crippen LogP contribution is -2.48. The van der Waals surface area contributed by atoms with Crippen LogP contribution in [0.15, 0.2) is 0 Å². The highest BCUT2D eigenvalue weighted by molar-refractivity contribution is 4.89. The second-order valence-corrected chi connectivity index (χ2v) is 6.86. The first-order valence-electron chi connectivity index (χ1n) is 8.70. The zero-order valence-electron chi connectivity index (χ0n) is 13.5. The van der Waals surface area contributed by atoms with E-state index in [1.165, 1.54) is 51.4 Å². The van der Waals surface area contributed by atoms with Crippen molar-refractivity contribution in [2.24, 2.45) is 5.92 Å². The van der Waals surface area contributed by atoms with Crippen LogP contribution in [0.2, 0.25) is 0 Å². The van der Waals surface area contributed by atoms with E-state index in [0.29, 0.717) is 6.10 Å². The van der Waals surface area contributed by atoms with E-state index in [-0.39, 0.29) is 5.60 Å². The van der Waals surface area contributed by atoms with Crippen molar-refractivity contribution in [1.29, 1.82) is 0 Å². The van der Waals surface area contributed by atoms with Gasteiger partial charge in [-0.15, -0.1) is 0 Å². The van der Waals surface area contributed by atoms with E-state index in [0.717, 1.165) is 32.2 Å². The van der Waals surface area contributed by atoms with Crippen molar-refractivity contribution in [3.63, 3.8) is 0 Å². The standard InChI is InChI=1S/C17H33NO2/c1-3-10-18-14-17(9-6-7-15(2)12-17)20-13-16-8-4-5-11-19-16/h15-16,18H,3-14H2,1-2H3. The van der Waals surface area contributed by atoms with Gasteiger partial charge >= 0.3 is 0 Å². The lowest BCUT2D eigenvalue weighted by atomic mass is 9.78. The molecule has 20 heavy (non-hydrogen) atoms. The fourth-order valence-corrected chi connectivity index (χ4v) is 3.66. The molecular formula is C17H33NO2. The van der Waals surface area contributed by atoms with Gasteiger partial charge in [-0.25, -0.2) is 0 Å². The van der Waals surface area contributed by atoms with Crippen LogP contribution in [0.4, 0.5) is 0 Å². The Morgan fingerprint density at radius 3 is 2.85 bits per heavy atom. The second-order valence-electron chi connectivity index (χ2n) is 6.86. The summed E-state index contributed by atoms with van der Waals surface area (Å²) in [6, 6.07) is 0. The molecule has 1 saturated carbocycles. The van der Waals surface area contributed by atoms with Gasteiger partial charge in [0.2, 0.25) is 0 Å². The molecule has 0 spiro atoms. The maximum Gasteiger partial charge on any atom is 0.0810 e. The van der Waals surface area contributed by atoms with Gasteiger partial charge in [0.05, 0.1) is 18.3 Å². The van der Waals surface area contributed by atoms with Crippen molar-refractivity contribution in [3.8, 4) is 0 Å². The van der Waals surface area contributed by atoms with E-state index in [9.17, 15) is 0 Å². The predicted molar refractivity (Wildman–Crippen MR) is 83.1 cm³/mol. The Balaban J connectivity index is 1.84. The van der Waals surface area contributed by atoms with E-state index in [2.05, 4.69) is 19.2 Å². The Morgan fingerprint density at radius 2 is 2.15 bits per heavy atom. The molecule has 3 atom stereocenters. The molecule has 2 fully saturated rings. The average Bonchev–Trinajstić information content (AvgIpc) is 2.47. The van der Waals surface area contributed by atoms with Crippen LogP contribution in [0.25, 0.3) is 0 Å². The van der Waals surface area contributed by atoms with Crippen LogP contribution in [-0.4, -0.2) is 38.0 Å². The molecule has 3 unspecified atom stereocenters. The molecule has 3 nitrogen and oxygen atoms in total. The minimum Gasteiger partial charge on any atom is -0.376 e. The molecule has 0 amide bonds. The minimum absolute atomic E-state index is 0.0631. The summed E-state index contributed by atoms with van der Waals surface area (Å²) in [5.74, 6) is 0.791. The SMILES string of the molecule is CCCNCC1(OCC2CCCCO2)CCCC(C)C1. The summed E-state index contributed by atoms with van der Waals surface area (Å²) in [5, 5.41) is 3.59. The third-order valence-electron chi connectivity index (χ3n) is 4.77. The van der Waals surface area contributed by atoms with Crippen molar-refractivity contribution in [2.45, 2.75) is 76.9 Å². The normalized spacial score (nSPS) is 35.1. The monoisotopic (exact) mass is 283 g/mol. The third kappa shape index (κ3) is 5.01. The Morgan fingerprint density at radius 1 is 1.25 bits per heavy atom. The second kappa shape index (κ2) is 8.35. The smallest absolute Gasteiger partial charge is 0.0810 e. The maximum atomic E-state index is 6.44. The van der Waals surface area contributed by atoms with Crippen molar-refractivity contribution >= 4 is 0 Å². The first-order valence-corrected chi connectivity index (χ1v) is 8.70. The lowest BCUT2D eigenvalue weighted by Gasteiger charge is -2.41. The minimum atomic E-state index is 0.0631. The van der Waals surface area contributed by atoms with Gasteiger partial charge in [0, 0.05) is 13.2 Å². The highest BCUT2D eigenvalue weighted by Gasteiger charge is 2.36. The molecule has 1 saturated heterocycles. The van der Waals surface area contributed by atoms with Crippen molar-refractivity contribution in [3.05, 3.63) is 0 Å². The Labute approximate surface area is 124 Å². The lowest BCUT2D eigenvalue weighted by molar-refractivity contribution is -0.125. The number of rotatable bonds is 7. The molecule has 1 aliphatic carbocycles. The van der Waals surface area contributed by atoms with E-state index in [1.807, 2.05) is 0 Å². The molecular weight excluding hydrogens is 250 g/mol. The van der Waals surface area contributed by atoms with Gasteiger partial charge in [-0.2, -0.15) is 0 Å². The molecule has 118 valence electrons. The van der Waals surface area contributed by atoms with E-state index in [1.54, 1.807) is 0 Å². The highest BCUT2D eigenvalue weighted by Crippen LogP contribution is 2.35. The number of ether oxygens (including phenoxy) is 2. The van der Waals surface area contributed by atoms with Crippen LogP contribution in [0, 0.1) is 5.92 Å². The molecule has 2 rings (SSSR count). The van der Waals surface area contributed by atoms with Gasteiger partial charge in [-0.05, 0) is 51.0 Å². The molecule has 0 aromatic rings. The van der Waals surface area contributed by atoms with E-state index < -0.39 is 0 Å². The average molecular weight is 283 g/mol. The summed E-state index contributed by atoms with van der Waals surface area (Å²) in [6.45, 7) is 8.41. The van der Waals surface area contributed by atoms with Crippen LogP contribution >= 0.6 is 0 Å². The van der Waals surface area contributed by atoms with Crippen molar-refractivity contribution in [1.82, 2.24) is 5.32 Å². The summed E-state index contributed by atoms with van der Waals surface area (Å²) in [5.41, 5.74) is 0.0631. The van der Waals surface area contributed by atoms with Crippen molar-refractivity contribution in [2.75, 3.05) is 26.3 Å². The highest BCUT2D eigenvalue weighted by atomic mass is 16.5. The number of hydrogen-bond acceptors (Lipinski definition) is 3. The Bertz CT molecular complexity index is 266. The molecule has 0 aromatic carbocycles. The Hall–Kier alpha value is -0.120. The molecule has 1 heterocycles. The summed E-state index contributed by atoms with van der Waals surface area (Å²) in [4.78, 5) is 0. The summed E-state index contributed by atoms with van der Waals surface area (Å²) in [6.07, 6.45) is 10.3. The van der Waals surface area contributed by atoms with Crippen LogP contribution < -0.4 is 5.32 Å². The van der Waals surface area contributed by atoms with Gasteiger partial charge in [-0.3, -0.25) is 0 Å². The van der Waals surface area contributed by atoms with Gasteiger partial charge in [-0.1, -0.05) is 26.7 Å². The van der Waals surface area contributed by atoms with E-state index >= 15 is 0 Å². The predicted octanol–water partition coefficient (Wildman–Crippen LogP) is 3.52. The molecule has 0 bridgehead atoms. The number of nitrogens with one attached hydrogen (secondary N) is 1. The number of hydrogen-bond donors (Lipinski definition) is 1. The molecule has 0 radical (unpaired) electrons. The van der Waals surface area contributed by atoms with Crippen LogP contribution in [0.1, 0.15) is 65.2 Å². The molecule has 3 heteroatoms. The summed E-state index contributed by atoms with van der Waals surface area (Å²) in [7, 11) is 0.